The molecule has 19 heavy (non-hydrogen) atoms. The second-order valence-corrected chi connectivity index (χ2v) is 7.27. The van der Waals surface area contributed by atoms with Crippen molar-refractivity contribution in [1.29, 1.82) is 0 Å². The van der Waals surface area contributed by atoms with Crippen LogP contribution in [0.2, 0.25) is 0 Å². The lowest BCUT2D eigenvalue weighted by Crippen LogP contribution is -2.44. The van der Waals surface area contributed by atoms with Gasteiger partial charge in [-0.15, -0.1) is 11.3 Å². The second-order valence-electron chi connectivity index (χ2n) is 6.03. The molecule has 1 aromatic heterocycles. The van der Waals surface area contributed by atoms with Crippen molar-refractivity contribution in [3.05, 3.63) is 15.6 Å². The van der Waals surface area contributed by atoms with Gasteiger partial charge in [0.15, 0.2) is 0 Å². The first-order valence-electron chi connectivity index (χ1n) is 7.46. The minimum atomic E-state index is 0.0869. The SMILES string of the molecule is Cc1nc(C)c(C(C)NCCC2(N)CCCCC2)s1. The molecule has 0 aromatic carbocycles. The van der Waals surface area contributed by atoms with E-state index in [1.54, 1.807) is 11.3 Å². The monoisotopic (exact) mass is 281 g/mol. The van der Waals surface area contributed by atoms with Crippen LogP contribution < -0.4 is 11.1 Å². The third-order valence-corrected chi connectivity index (χ3v) is 5.51. The molecular formula is C15H27N3S. The summed E-state index contributed by atoms with van der Waals surface area (Å²) in [6.07, 6.45) is 7.46. The number of nitrogens with zero attached hydrogens (tertiary/aromatic N) is 1. The van der Waals surface area contributed by atoms with Gasteiger partial charge in [0.05, 0.1) is 10.7 Å². The number of hydrogen-bond donors (Lipinski definition) is 2. The Morgan fingerprint density at radius 2 is 2.00 bits per heavy atom. The normalized spacial score (nSPS) is 20.4. The number of thiazole rings is 1. The van der Waals surface area contributed by atoms with Crippen molar-refractivity contribution in [2.24, 2.45) is 5.73 Å². The summed E-state index contributed by atoms with van der Waals surface area (Å²) in [5, 5.41) is 4.77. The Hall–Kier alpha value is -0.450. The first kappa shape index (κ1) is 14.9. The summed E-state index contributed by atoms with van der Waals surface area (Å²) in [7, 11) is 0. The highest BCUT2D eigenvalue weighted by molar-refractivity contribution is 7.11. The average Bonchev–Trinajstić information content (AvgIpc) is 2.69. The van der Waals surface area contributed by atoms with E-state index in [-0.39, 0.29) is 5.54 Å². The Bertz CT molecular complexity index is 408. The van der Waals surface area contributed by atoms with Crippen LogP contribution in [0.5, 0.6) is 0 Å². The van der Waals surface area contributed by atoms with Gasteiger partial charge in [-0.2, -0.15) is 0 Å². The predicted octanol–water partition coefficient (Wildman–Crippen LogP) is 3.46. The van der Waals surface area contributed by atoms with E-state index in [2.05, 4.69) is 31.1 Å². The Kier molecular flexibility index (Phi) is 4.98. The van der Waals surface area contributed by atoms with Gasteiger partial charge in [0, 0.05) is 16.5 Å². The lowest BCUT2D eigenvalue weighted by molar-refractivity contribution is 0.272. The Labute approximate surface area is 121 Å². The van der Waals surface area contributed by atoms with Gasteiger partial charge >= 0.3 is 0 Å². The van der Waals surface area contributed by atoms with Gasteiger partial charge in [-0.3, -0.25) is 0 Å². The minimum absolute atomic E-state index is 0.0869. The molecule has 0 aliphatic heterocycles. The molecule has 4 heteroatoms. The summed E-state index contributed by atoms with van der Waals surface area (Å²) >= 11 is 1.80. The zero-order chi connectivity index (χ0) is 13.9. The van der Waals surface area contributed by atoms with Crippen molar-refractivity contribution >= 4 is 11.3 Å². The van der Waals surface area contributed by atoms with Crippen LogP contribution in [0, 0.1) is 13.8 Å². The first-order chi connectivity index (χ1) is 9.00. The third kappa shape index (κ3) is 4.01. The zero-order valence-corrected chi connectivity index (χ0v) is 13.3. The van der Waals surface area contributed by atoms with Crippen LogP contribution in [-0.4, -0.2) is 17.1 Å². The number of aromatic nitrogens is 1. The number of nitrogens with two attached hydrogens (primary N) is 1. The maximum Gasteiger partial charge on any atom is 0.0900 e. The van der Waals surface area contributed by atoms with E-state index in [0.29, 0.717) is 6.04 Å². The van der Waals surface area contributed by atoms with Gasteiger partial charge in [0.2, 0.25) is 0 Å². The van der Waals surface area contributed by atoms with E-state index in [4.69, 9.17) is 5.73 Å². The Morgan fingerprint density at radius 3 is 2.58 bits per heavy atom. The summed E-state index contributed by atoms with van der Waals surface area (Å²) in [6.45, 7) is 7.41. The molecule has 1 aliphatic rings. The van der Waals surface area contributed by atoms with Crippen LogP contribution in [0.3, 0.4) is 0 Å². The molecule has 3 N–H and O–H groups in total. The Balaban J connectivity index is 1.80. The van der Waals surface area contributed by atoms with Crippen LogP contribution in [-0.2, 0) is 0 Å². The quantitative estimate of drug-likeness (QED) is 0.869. The van der Waals surface area contributed by atoms with Crippen molar-refractivity contribution in [3.8, 4) is 0 Å². The van der Waals surface area contributed by atoms with Crippen LogP contribution >= 0.6 is 11.3 Å². The average molecular weight is 281 g/mol. The number of rotatable bonds is 5. The fourth-order valence-corrected chi connectivity index (χ4v) is 4.04. The smallest absolute Gasteiger partial charge is 0.0900 e. The summed E-state index contributed by atoms with van der Waals surface area (Å²) in [5.41, 5.74) is 7.72. The van der Waals surface area contributed by atoms with Gasteiger partial charge in [0.1, 0.15) is 0 Å². The summed E-state index contributed by atoms with van der Waals surface area (Å²) in [5.74, 6) is 0. The zero-order valence-electron chi connectivity index (χ0n) is 12.5. The largest absolute Gasteiger partial charge is 0.325 e. The maximum atomic E-state index is 6.47. The molecule has 108 valence electrons. The highest BCUT2D eigenvalue weighted by Gasteiger charge is 2.26. The molecular weight excluding hydrogens is 254 g/mol. The van der Waals surface area contributed by atoms with Crippen molar-refractivity contribution in [2.45, 2.75) is 70.9 Å². The number of hydrogen-bond acceptors (Lipinski definition) is 4. The van der Waals surface area contributed by atoms with E-state index in [1.165, 1.54) is 42.7 Å². The molecule has 0 spiro atoms. The molecule has 1 aliphatic carbocycles. The molecule has 1 fully saturated rings. The van der Waals surface area contributed by atoms with Crippen molar-refractivity contribution in [1.82, 2.24) is 10.3 Å². The molecule has 0 radical (unpaired) electrons. The van der Waals surface area contributed by atoms with E-state index in [0.717, 1.165) is 18.0 Å². The fraction of sp³-hybridized carbons (Fsp3) is 0.800. The van der Waals surface area contributed by atoms with Crippen LogP contribution in [0.1, 0.15) is 67.1 Å². The van der Waals surface area contributed by atoms with Gasteiger partial charge in [-0.05, 0) is 46.6 Å². The predicted molar refractivity (Wildman–Crippen MR) is 82.6 cm³/mol. The molecule has 3 nitrogen and oxygen atoms in total. The van der Waals surface area contributed by atoms with Gasteiger partial charge in [-0.25, -0.2) is 4.98 Å². The topological polar surface area (TPSA) is 50.9 Å². The van der Waals surface area contributed by atoms with Crippen LogP contribution in [0.4, 0.5) is 0 Å². The summed E-state index contributed by atoms with van der Waals surface area (Å²) < 4.78 is 0. The van der Waals surface area contributed by atoms with Crippen molar-refractivity contribution in [2.75, 3.05) is 6.54 Å². The molecule has 2 rings (SSSR count). The van der Waals surface area contributed by atoms with E-state index < -0.39 is 0 Å². The van der Waals surface area contributed by atoms with Crippen molar-refractivity contribution < 1.29 is 0 Å². The second kappa shape index (κ2) is 6.33. The van der Waals surface area contributed by atoms with Gasteiger partial charge in [0.25, 0.3) is 0 Å². The Morgan fingerprint density at radius 1 is 1.32 bits per heavy atom. The van der Waals surface area contributed by atoms with E-state index >= 15 is 0 Å². The molecule has 0 saturated heterocycles. The number of nitrogens with one attached hydrogen (secondary N) is 1. The summed E-state index contributed by atoms with van der Waals surface area (Å²) in [4.78, 5) is 5.87. The lowest BCUT2D eigenvalue weighted by Gasteiger charge is -2.33. The molecule has 1 atom stereocenters. The van der Waals surface area contributed by atoms with Gasteiger partial charge < -0.3 is 11.1 Å². The fourth-order valence-electron chi connectivity index (χ4n) is 3.09. The molecule has 1 aromatic rings. The molecule has 1 unspecified atom stereocenters. The maximum absolute atomic E-state index is 6.47. The molecule has 1 heterocycles. The first-order valence-corrected chi connectivity index (χ1v) is 8.28. The standard InChI is InChI=1S/C15H27N3S/c1-11(14-12(2)18-13(3)19-14)17-10-9-15(16)7-5-4-6-8-15/h11,17H,4-10,16H2,1-3H3. The highest BCUT2D eigenvalue weighted by atomic mass is 32.1. The lowest BCUT2D eigenvalue weighted by atomic mass is 9.80. The molecule has 1 saturated carbocycles. The highest BCUT2D eigenvalue weighted by Crippen LogP contribution is 2.29. The van der Waals surface area contributed by atoms with Gasteiger partial charge in [-0.1, -0.05) is 19.3 Å². The summed E-state index contributed by atoms with van der Waals surface area (Å²) in [6, 6.07) is 0.387. The van der Waals surface area contributed by atoms with Crippen LogP contribution in [0.15, 0.2) is 0 Å². The van der Waals surface area contributed by atoms with E-state index in [9.17, 15) is 0 Å². The van der Waals surface area contributed by atoms with Crippen molar-refractivity contribution in [3.63, 3.8) is 0 Å². The third-order valence-electron chi connectivity index (χ3n) is 4.26. The molecule has 0 amide bonds. The molecule has 0 bridgehead atoms. The number of aryl methyl sites for hydroxylation is 2. The minimum Gasteiger partial charge on any atom is -0.325 e. The van der Waals surface area contributed by atoms with E-state index in [1.807, 2.05) is 0 Å². The van der Waals surface area contributed by atoms with Crippen LogP contribution in [0.25, 0.3) is 0 Å².